The van der Waals surface area contributed by atoms with Gasteiger partial charge in [-0.25, -0.2) is 9.97 Å². The minimum absolute atomic E-state index is 0.155. The zero-order valence-electron chi connectivity index (χ0n) is 21.3. The molecule has 0 aromatic carbocycles. The summed E-state index contributed by atoms with van der Waals surface area (Å²) in [6, 6.07) is 7.95. The Hall–Kier alpha value is -4.32. The molecule has 5 aromatic heterocycles. The molecule has 1 aliphatic heterocycles. The molecule has 40 heavy (non-hydrogen) atoms. The number of H-pyrrole nitrogens is 1. The van der Waals surface area contributed by atoms with Gasteiger partial charge in [-0.15, -0.1) is 0 Å². The van der Waals surface area contributed by atoms with Gasteiger partial charge in [-0.05, 0) is 55.3 Å². The summed E-state index contributed by atoms with van der Waals surface area (Å²) in [5.74, 6) is -0.355. The van der Waals surface area contributed by atoms with Crippen LogP contribution in [0.25, 0.3) is 22.2 Å². The monoisotopic (exact) mass is 550 g/mol. The van der Waals surface area contributed by atoms with Crippen molar-refractivity contribution in [2.45, 2.75) is 38.0 Å². The molecule has 0 bridgehead atoms. The number of fused-ring (bicyclic) bond motifs is 1. The Bertz CT molecular complexity index is 1620. The smallest absolute Gasteiger partial charge is 0.366 e. The molecule has 206 valence electrons. The van der Waals surface area contributed by atoms with Gasteiger partial charge in [0.25, 0.3) is 0 Å². The fourth-order valence-corrected chi connectivity index (χ4v) is 4.91. The Morgan fingerprint density at radius 1 is 0.975 bits per heavy atom. The third kappa shape index (κ3) is 5.53. The highest BCUT2D eigenvalue weighted by atomic mass is 19.4. The molecule has 6 heterocycles. The number of aromatic nitrogens is 6. The number of nitrogens with one attached hydrogen (secondary N) is 3. The standard InChI is InChI=1S/C28H26F4N8/c29-26-18(2-4-25(39-26)35-12-17-1-3-24(34-11-17)28(30,31)32)9-20-14-37-27-23(20)10-19(13-36-27)21-15-38-40(16-21)22-5-7-33-8-6-22/h1-4,10-11,13-16,22,33H,5-9,12H2,(H,35,39)(H,36,37). The summed E-state index contributed by atoms with van der Waals surface area (Å²) in [7, 11) is 0. The molecule has 3 N–H and O–H groups in total. The second-order valence-electron chi connectivity index (χ2n) is 9.85. The second kappa shape index (κ2) is 10.7. The van der Waals surface area contributed by atoms with Gasteiger partial charge in [0.05, 0.1) is 12.2 Å². The van der Waals surface area contributed by atoms with Gasteiger partial charge in [-0.1, -0.05) is 12.1 Å². The number of alkyl halides is 3. The molecule has 0 radical (unpaired) electrons. The van der Waals surface area contributed by atoms with Gasteiger partial charge in [0, 0.05) is 59.8 Å². The Kier molecular flexibility index (Phi) is 6.93. The Balaban J connectivity index is 1.15. The summed E-state index contributed by atoms with van der Waals surface area (Å²) in [6.07, 6.45) is 6.57. The normalized spacial score (nSPS) is 14.6. The Morgan fingerprint density at radius 2 is 1.82 bits per heavy atom. The largest absolute Gasteiger partial charge is 0.433 e. The fraction of sp³-hybridized carbons (Fsp3) is 0.286. The van der Waals surface area contributed by atoms with E-state index in [9.17, 15) is 17.6 Å². The van der Waals surface area contributed by atoms with Crippen LogP contribution in [0.3, 0.4) is 0 Å². The van der Waals surface area contributed by atoms with Crippen LogP contribution in [0.15, 0.2) is 61.3 Å². The summed E-state index contributed by atoms with van der Waals surface area (Å²) in [4.78, 5) is 15.1. The Labute approximate surface area is 226 Å². The molecule has 1 saturated heterocycles. The molecule has 5 aromatic rings. The minimum Gasteiger partial charge on any atom is -0.366 e. The maximum absolute atomic E-state index is 14.9. The van der Waals surface area contributed by atoms with E-state index >= 15 is 0 Å². The average molecular weight is 551 g/mol. The number of rotatable bonds is 7. The van der Waals surface area contributed by atoms with E-state index in [-0.39, 0.29) is 12.4 Å². The number of halogens is 4. The van der Waals surface area contributed by atoms with Crippen molar-refractivity contribution in [1.29, 1.82) is 0 Å². The lowest BCUT2D eigenvalue weighted by Gasteiger charge is -2.22. The first-order valence-electron chi connectivity index (χ1n) is 13.0. The molecule has 1 aliphatic rings. The van der Waals surface area contributed by atoms with Gasteiger partial charge < -0.3 is 15.6 Å². The predicted octanol–water partition coefficient (Wildman–Crippen LogP) is 5.50. The first-order chi connectivity index (χ1) is 19.3. The lowest BCUT2D eigenvalue weighted by atomic mass is 10.0. The number of hydrogen-bond donors (Lipinski definition) is 3. The third-order valence-electron chi connectivity index (χ3n) is 7.13. The van der Waals surface area contributed by atoms with Crippen LogP contribution in [-0.4, -0.2) is 42.8 Å². The molecule has 0 aliphatic carbocycles. The first-order valence-corrected chi connectivity index (χ1v) is 13.0. The molecular formula is C28H26F4N8. The molecule has 0 spiro atoms. The van der Waals surface area contributed by atoms with E-state index in [1.54, 1.807) is 18.3 Å². The van der Waals surface area contributed by atoms with Crippen LogP contribution in [0.5, 0.6) is 0 Å². The topological polar surface area (TPSA) is 96.3 Å². The summed E-state index contributed by atoms with van der Waals surface area (Å²) in [5.41, 5.74) is 3.47. The van der Waals surface area contributed by atoms with Crippen LogP contribution in [0.4, 0.5) is 23.4 Å². The van der Waals surface area contributed by atoms with E-state index in [0.29, 0.717) is 29.2 Å². The van der Waals surface area contributed by atoms with Crippen LogP contribution in [0.1, 0.15) is 41.3 Å². The summed E-state index contributed by atoms with van der Waals surface area (Å²) in [5, 5.41) is 11.8. The molecule has 6 rings (SSSR count). The summed E-state index contributed by atoms with van der Waals surface area (Å²) in [6.45, 7) is 2.13. The zero-order valence-corrected chi connectivity index (χ0v) is 21.3. The molecule has 0 atom stereocenters. The lowest BCUT2D eigenvalue weighted by molar-refractivity contribution is -0.141. The van der Waals surface area contributed by atoms with Crippen molar-refractivity contribution in [2.24, 2.45) is 0 Å². The van der Waals surface area contributed by atoms with Crippen LogP contribution < -0.4 is 10.6 Å². The number of piperidine rings is 1. The van der Waals surface area contributed by atoms with E-state index in [1.807, 2.05) is 23.1 Å². The van der Waals surface area contributed by atoms with Crippen LogP contribution in [0, 0.1) is 5.95 Å². The number of hydrogen-bond acceptors (Lipinski definition) is 6. The minimum atomic E-state index is -4.50. The van der Waals surface area contributed by atoms with Crippen molar-refractivity contribution in [3.8, 4) is 11.1 Å². The third-order valence-corrected chi connectivity index (χ3v) is 7.13. The SMILES string of the molecule is Fc1nc(NCc2ccc(C(F)(F)F)nc2)ccc1Cc1c[nH]c2ncc(-c3cnn(C4CCNCC4)c3)cc12. The van der Waals surface area contributed by atoms with Crippen molar-refractivity contribution in [3.05, 3.63) is 89.6 Å². The highest BCUT2D eigenvalue weighted by Gasteiger charge is 2.32. The molecule has 1 fully saturated rings. The maximum atomic E-state index is 14.9. The number of nitrogens with zero attached hydrogens (tertiary/aromatic N) is 5. The van der Waals surface area contributed by atoms with E-state index in [2.05, 4.69) is 41.9 Å². The number of anilines is 1. The van der Waals surface area contributed by atoms with E-state index < -0.39 is 17.8 Å². The van der Waals surface area contributed by atoms with Gasteiger partial charge in [0.1, 0.15) is 17.2 Å². The lowest BCUT2D eigenvalue weighted by Crippen LogP contribution is -2.29. The van der Waals surface area contributed by atoms with Gasteiger partial charge in [-0.3, -0.25) is 9.67 Å². The van der Waals surface area contributed by atoms with Crippen LogP contribution in [-0.2, 0) is 19.1 Å². The van der Waals surface area contributed by atoms with Gasteiger partial charge in [-0.2, -0.15) is 22.7 Å². The Morgan fingerprint density at radius 3 is 2.58 bits per heavy atom. The fourth-order valence-electron chi connectivity index (χ4n) is 4.91. The summed E-state index contributed by atoms with van der Waals surface area (Å²) < 4.78 is 55.1. The number of pyridine rings is 3. The van der Waals surface area contributed by atoms with Gasteiger partial charge in [0.15, 0.2) is 0 Å². The summed E-state index contributed by atoms with van der Waals surface area (Å²) >= 11 is 0. The highest BCUT2D eigenvalue weighted by molar-refractivity contribution is 5.84. The van der Waals surface area contributed by atoms with E-state index in [1.165, 1.54) is 6.07 Å². The van der Waals surface area contributed by atoms with Crippen molar-refractivity contribution >= 4 is 16.9 Å². The first kappa shape index (κ1) is 25.9. The molecule has 0 saturated carbocycles. The van der Waals surface area contributed by atoms with E-state index in [0.717, 1.165) is 60.3 Å². The predicted molar refractivity (Wildman–Crippen MR) is 142 cm³/mol. The maximum Gasteiger partial charge on any atom is 0.433 e. The van der Waals surface area contributed by atoms with Crippen LogP contribution in [0.2, 0.25) is 0 Å². The van der Waals surface area contributed by atoms with Gasteiger partial charge >= 0.3 is 6.18 Å². The second-order valence-corrected chi connectivity index (χ2v) is 9.85. The average Bonchev–Trinajstić information content (AvgIpc) is 3.61. The van der Waals surface area contributed by atoms with Gasteiger partial charge in [0.2, 0.25) is 5.95 Å². The van der Waals surface area contributed by atoms with Crippen molar-refractivity contribution in [1.82, 2.24) is 35.0 Å². The quantitative estimate of drug-likeness (QED) is 0.183. The van der Waals surface area contributed by atoms with E-state index in [4.69, 9.17) is 0 Å². The molecule has 12 heteroatoms. The zero-order chi connectivity index (χ0) is 27.7. The van der Waals surface area contributed by atoms with Crippen molar-refractivity contribution < 1.29 is 17.6 Å². The van der Waals surface area contributed by atoms with Crippen molar-refractivity contribution in [3.63, 3.8) is 0 Å². The molecular weight excluding hydrogens is 524 g/mol. The molecule has 0 unspecified atom stereocenters. The molecule has 8 nitrogen and oxygen atoms in total. The highest BCUT2D eigenvalue weighted by Crippen LogP contribution is 2.29. The van der Waals surface area contributed by atoms with Crippen LogP contribution >= 0.6 is 0 Å². The van der Waals surface area contributed by atoms with Crippen molar-refractivity contribution in [2.75, 3.05) is 18.4 Å². The number of aromatic amines is 1. The molecule has 0 amide bonds.